The van der Waals surface area contributed by atoms with Crippen LogP contribution in [-0.2, 0) is 0 Å². The van der Waals surface area contributed by atoms with E-state index in [0.29, 0.717) is 0 Å². The first-order valence-electron chi connectivity index (χ1n) is 1.10. The van der Waals surface area contributed by atoms with E-state index in [2.05, 4.69) is 0 Å². The number of hydrogen-bond acceptors (Lipinski definition) is 6. The largest absolute Gasteiger partial charge is 2.00 e. The molecule has 0 aromatic heterocycles. The van der Waals surface area contributed by atoms with E-state index in [-0.39, 0.29) is 45.5 Å². The van der Waals surface area contributed by atoms with Crippen LogP contribution in [0.15, 0.2) is 0 Å². The van der Waals surface area contributed by atoms with Gasteiger partial charge in [0.2, 0.25) is 0 Å². The monoisotopic (exact) mass is 209 g/mol. The van der Waals surface area contributed by atoms with Gasteiger partial charge in [-0.15, -0.1) is 0 Å². The molecule has 0 rings (SSSR count). The molecule has 8 nitrogen and oxygen atoms in total. The van der Waals surface area contributed by atoms with Gasteiger partial charge >= 0.3 is 45.5 Å². The normalized spacial score (nSPS) is 5.33. The molecule has 0 amide bonds. The molecule has 0 spiro atoms. The third-order valence-corrected chi connectivity index (χ3v) is 0. The molecule has 48 valence electrons. The van der Waals surface area contributed by atoms with Crippen LogP contribution in [0.25, 0.3) is 0 Å². The van der Waals surface area contributed by atoms with Gasteiger partial charge in [0.05, 0.1) is 10.2 Å². The van der Waals surface area contributed by atoms with Gasteiger partial charge in [0, 0.05) is 0 Å². The Morgan fingerprint density at radius 3 is 0.778 bits per heavy atom. The van der Waals surface area contributed by atoms with Crippen molar-refractivity contribution in [3.63, 3.8) is 0 Å². The molecular formula is N2O6Sr. The van der Waals surface area contributed by atoms with Crippen LogP contribution >= 0.6 is 0 Å². The Labute approximate surface area is 85.6 Å². The fraction of sp³-hybridized carbons (Fsp3) is 0. The van der Waals surface area contributed by atoms with Gasteiger partial charge in [-0.05, 0) is 0 Å². The van der Waals surface area contributed by atoms with Crippen LogP contribution < -0.4 is 0 Å². The van der Waals surface area contributed by atoms with Crippen LogP contribution in [0.2, 0.25) is 0 Å². The summed E-state index contributed by atoms with van der Waals surface area (Å²) in [5, 5.41) is 29.5. The summed E-state index contributed by atoms with van der Waals surface area (Å²) < 4.78 is 0. The van der Waals surface area contributed by atoms with Crippen LogP contribution in [0.5, 0.6) is 0 Å². The average Bonchev–Trinajstić information content (AvgIpc) is 1.25. The van der Waals surface area contributed by atoms with Gasteiger partial charge in [0.1, 0.15) is 0 Å². The van der Waals surface area contributed by atoms with Crippen molar-refractivity contribution in [3.05, 3.63) is 30.6 Å². The molecule has 0 saturated heterocycles. The molecule has 0 saturated carbocycles. The van der Waals surface area contributed by atoms with Crippen molar-refractivity contribution >= 4 is 45.5 Å². The predicted molar refractivity (Wildman–Crippen MR) is 26.5 cm³/mol. The third-order valence-electron chi connectivity index (χ3n) is 0. The van der Waals surface area contributed by atoms with E-state index in [1.54, 1.807) is 0 Å². The smallest absolute Gasteiger partial charge is 0.356 e. The minimum atomic E-state index is -1.75. The van der Waals surface area contributed by atoms with Crippen molar-refractivity contribution in [1.29, 1.82) is 0 Å². The standard InChI is InChI=1S/2NO3.Sr/c2*2-1(3)4;/q2*-1;+2/i;;1-3. The maximum atomic E-state index is 8.25. The molecule has 0 aliphatic carbocycles. The molecule has 0 atom stereocenters. The second-order valence-electron chi connectivity index (χ2n) is 0.447. The molecule has 0 fully saturated rings. The van der Waals surface area contributed by atoms with Crippen LogP contribution in [0.1, 0.15) is 0 Å². The first kappa shape index (κ1) is 15.9. The Bertz CT molecular complexity index is 69.1. The van der Waals surface area contributed by atoms with Crippen molar-refractivity contribution in [2.75, 3.05) is 0 Å². The number of rotatable bonds is 0. The van der Waals surface area contributed by atoms with Crippen molar-refractivity contribution in [1.82, 2.24) is 0 Å². The van der Waals surface area contributed by atoms with E-state index in [9.17, 15) is 0 Å². The molecule has 0 aliphatic heterocycles. The molecule has 0 N–H and O–H groups in total. The summed E-state index contributed by atoms with van der Waals surface area (Å²) in [5.74, 6) is 0. The summed E-state index contributed by atoms with van der Waals surface area (Å²) in [5.41, 5.74) is 0. The van der Waals surface area contributed by atoms with Crippen molar-refractivity contribution < 1.29 is 10.2 Å². The van der Waals surface area contributed by atoms with E-state index >= 15 is 0 Å². The Morgan fingerprint density at radius 1 is 0.778 bits per heavy atom. The van der Waals surface area contributed by atoms with E-state index < -0.39 is 10.2 Å². The van der Waals surface area contributed by atoms with Gasteiger partial charge in [-0.3, -0.25) is 0 Å². The maximum Gasteiger partial charge on any atom is 2.00 e. The van der Waals surface area contributed by atoms with E-state index in [0.717, 1.165) is 0 Å². The van der Waals surface area contributed by atoms with Gasteiger partial charge in [-0.1, -0.05) is 0 Å². The Morgan fingerprint density at radius 2 is 0.778 bits per heavy atom. The summed E-state index contributed by atoms with van der Waals surface area (Å²) in [6, 6.07) is 0. The SMILES string of the molecule is O=[N+]([O-])[O-].O=[N+]([O-])[O-].[85Sr+2]. The summed E-state index contributed by atoms with van der Waals surface area (Å²) in [4.78, 5) is 16.5. The topological polar surface area (TPSA) is 132 Å². The molecule has 0 aromatic carbocycles. The molecule has 0 bridgehead atoms. The second kappa shape index (κ2) is 10.8. The quantitative estimate of drug-likeness (QED) is 0.289. The maximum absolute atomic E-state index is 8.25. The Hall–Kier alpha value is -0.119. The molecule has 0 aromatic rings. The molecule has 9 heteroatoms. The van der Waals surface area contributed by atoms with Gasteiger partial charge in [0.25, 0.3) is 0 Å². The first-order chi connectivity index (χ1) is 3.46. The molecule has 0 heterocycles. The molecule has 0 aliphatic rings. The number of hydrogen-bond donors (Lipinski definition) is 0. The molecule has 0 radical (unpaired) electrons. The van der Waals surface area contributed by atoms with Gasteiger partial charge < -0.3 is 30.6 Å². The molecule has 9 heavy (non-hydrogen) atoms. The fourth-order valence-corrected chi connectivity index (χ4v) is 0. The summed E-state index contributed by atoms with van der Waals surface area (Å²) in [6.07, 6.45) is 0. The number of nitrogens with zero attached hydrogens (tertiary/aromatic N) is 2. The van der Waals surface area contributed by atoms with Crippen LogP contribution in [0, 0.1) is 30.6 Å². The predicted octanol–water partition coefficient (Wildman–Crippen LogP) is -0.859. The van der Waals surface area contributed by atoms with Crippen LogP contribution in [-0.4, -0.2) is 55.7 Å². The van der Waals surface area contributed by atoms with Crippen LogP contribution in [0.3, 0.4) is 0 Å². The zero-order valence-corrected chi connectivity index (χ0v) is 7.53. The fourth-order valence-electron chi connectivity index (χ4n) is 0. The molecular weight excluding hydrogens is 209 g/mol. The summed E-state index contributed by atoms with van der Waals surface area (Å²) >= 11 is 0. The zero-order chi connectivity index (χ0) is 7.15. The van der Waals surface area contributed by atoms with Crippen molar-refractivity contribution in [3.8, 4) is 0 Å². The third kappa shape index (κ3) is 19100. The van der Waals surface area contributed by atoms with Gasteiger partial charge in [-0.2, -0.15) is 0 Å². The zero-order valence-electron chi connectivity index (χ0n) is 4.05. The van der Waals surface area contributed by atoms with Gasteiger partial charge in [0.15, 0.2) is 0 Å². The average molecular weight is 209 g/mol. The van der Waals surface area contributed by atoms with E-state index in [1.807, 2.05) is 0 Å². The van der Waals surface area contributed by atoms with Crippen molar-refractivity contribution in [2.45, 2.75) is 0 Å². The van der Waals surface area contributed by atoms with Crippen molar-refractivity contribution in [2.24, 2.45) is 0 Å². The minimum Gasteiger partial charge on any atom is -0.356 e. The van der Waals surface area contributed by atoms with Gasteiger partial charge in [-0.25, -0.2) is 0 Å². The Kier molecular flexibility index (Phi) is 19.1. The summed E-state index contributed by atoms with van der Waals surface area (Å²) in [6.45, 7) is 0. The Balaban J connectivity index is -0.0000000720. The van der Waals surface area contributed by atoms with E-state index in [4.69, 9.17) is 30.6 Å². The minimum absolute atomic E-state index is 0. The van der Waals surface area contributed by atoms with Crippen LogP contribution in [0.4, 0.5) is 0 Å². The first-order valence-corrected chi connectivity index (χ1v) is 1.10. The summed E-state index contributed by atoms with van der Waals surface area (Å²) in [7, 11) is 0. The second-order valence-corrected chi connectivity index (χ2v) is 0.447. The van der Waals surface area contributed by atoms with E-state index in [1.165, 1.54) is 0 Å². The molecule has 0 unspecified atom stereocenters.